The minimum atomic E-state index is 0.395. The fraction of sp³-hybridized carbons (Fsp3) is 0.600. The monoisotopic (exact) mass is 232 g/mol. The van der Waals surface area contributed by atoms with E-state index in [2.05, 4.69) is 49.1 Å². The van der Waals surface area contributed by atoms with Crippen molar-refractivity contribution in [1.29, 1.82) is 0 Å². The molecule has 2 rings (SSSR count). The first-order valence-electron chi connectivity index (χ1n) is 6.71. The number of hydrogen-bond acceptors (Lipinski definition) is 2. The molecule has 94 valence electrons. The first-order chi connectivity index (χ1) is 8.22. The Balaban J connectivity index is 2.09. The molecule has 17 heavy (non-hydrogen) atoms. The predicted molar refractivity (Wildman–Crippen MR) is 72.8 cm³/mol. The van der Waals surface area contributed by atoms with E-state index in [0.29, 0.717) is 12.6 Å². The predicted octanol–water partition coefficient (Wildman–Crippen LogP) is 2.66. The van der Waals surface area contributed by atoms with Crippen LogP contribution in [0.15, 0.2) is 30.3 Å². The van der Waals surface area contributed by atoms with Crippen LogP contribution >= 0.6 is 0 Å². The molecule has 1 fully saturated rings. The third-order valence-corrected chi connectivity index (χ3v) is 4.21. The molecule has 1 aromatic rings. The molecule has 0 radical (unpaired) electrons. The summed E-state index contributed by atoms with van der Waals surface area (Å²) in [5, 5.41) is 0. The number of rotatable bonds is 3. The molecule has 0 bridgehead atoms. The number of piperidine rings is 1. The Bertz CT molecular complexity index is 336. The van der Waals surface area contributed by atoms with Crippen molar-refractivity contribution in [2.45, 2.75) is 26.3 Å². The van der Waals surface area contributed by atoms with Crippen molar-refractivity contribution >= 4 is 0 Å². The maximum atomic E-state index is 5.97. The highest BCUT2D eigenvalue weighted by atomic mass is 15.2. The second-order valence-corrected chi connectivity index (χ2v) is 5.40. The van der Waals surface area contributed by atoms with Gasteiger partial charge in [-0.25, -0.2) is 0 Å². The number of likely N-dealkylation sites (tertiary alicyclic amines) is 1. The molecule has 2 N–H and O–H groups in total. The standard InChI is InChI=1S/C15H24N2/c1-12-8-9-17(11-13(12)2)15(10-16)14-6-4-3-5-7-14/h3-7,12-13,15H,8-11,16H2,1-2H3. The van der Waals surface area contributed by atoms with Gasteiger partial charge in [0, 0.05) is 19.1 Å². The van der Waals surface area contributed by atoms with E-state index in [0.717, 1.165) is 11.8 Å². The number of hydrogen-bond donors (Lipinski definition) is 1. The molecule has 0 aliphatic carbocycles. The molecule has 2 heteroatoms. The summed E-state index contributed by atoms with van der Waals surface area (Å²) < 4.78 is 0. The molecule has 0 saturated carbocycles. The maximum Gasteiger partial charge on any atom is 0.0470 e. The third kappa shape index (κ3) is 2.88. The number of benzene rings is 1. The molecule has 0 amide bonds. The van der Waals surface area contributed by atoms with Crippen molar-refractivity contribution < 1.29 is 0 Å². The van der Waals surface area contributed by atoms with Gasteiger partial charge in [0.05, 0.1) is 0 Å². The first-order valence-corrected chi connectivity index (χ1v) is 6.71. The van der Waals surface area contributed by atoms with Crippen LogP contribution in [0.1, 0.15) is 31.9 Å². The van der Waals surface area contributed by atoms with Gasteiger partial charge < -0.3 is 5.73 Å². The normalized spacial score (nSPS) is 27.9. The number of nitrogens with two attached hydrogens (primary N) is 1. The summed E-state index contributed by atoms with van der Waals surface area (Å²) in [6.07, 6.45) is 1.30. The third-order valence-electron chi connectivity index (χ3n) is 4.21. The molecule has 3 unspecified atom stereocenters. The van der Waals surface area contributed by atoms with Crippen LogP contribution in [-0.2, 0) is 0 Å². The van der Waals surface area contributed by atoms with Crippen LogP contribution in [0.3, 0.4) is 0 Å². The average molecular weight is 232 g/mol. The lowest BCUT2D eigenvalue weighted by Crippen LogP contribution is -2.43. The Morgan fingerprint density at radius 1 is 1.24 bits per heavy atom. The quantitative estimate of drug-likeness (QED) is 0.868. The Hall–Kier alpha value is -0.860. The lowest BCUT2D eigenvalue weighted by molar-refractivity contribution is 0.0983. The minimum absolute atomic E-state index is 0.395. The summed E-state index contributed by atoms with van der Waals surface area (Å²) in [5.74, 6) is 1.63. The van der Waals surface area contributed by atoms with Crippen molar-refractivity contribution in [2.24, 2.45) is 17.6 Å². The highest BCUT2D eigenvalue weighted by Crippen LogP contribution is 2.29. The molecule has 0 aromatic heterocycles. The topological polar surface area (TPSA) is 29.3 Å². The molecule has 2 nitrogen and oxygen atoms in total. The minimum Gasteiger partial charge on any atom is -0.329 e. The zero-order chi connectivity index (χ0) is 12.3. The molecule has 1 saturated heterocycles. The smallest absolute Gasteiger partial charge is 0.0470 e. The van der Waals surface area contributed by atoms with Crippen LogP contribution in [0.5, 0.6) is 0 Å². The van der Waals surface area contributed by atoms with Crippen LogP contribution in [0.25, 0.3) is 0 Å². The largest absolute Gasteiger partial charge is 0.329 e. The van der Waals surface area contributed by atoms with Gasteiger partial charge in [0.1, 0.15) is 0 Å². The average Bonchev–Trinajstić information content (AvgIpc) is 2.36. The van der Waals surface area contributed by atoms with Crippen LogP contribution in [-0.4, -0.2) is 24.5 Å². The van der Waals surface area contributed by atoms with E-state index in [1.165, 1.54) is 25.1 Å². The molecule has 1 aromatic carbocycles. The Morgan fingerprint density at radius 2 is 1.94 bits per heavy atom. The van der Waals surface area contributed by atoms with E-state index in [4.69, 9.17) is 5.73 Å². The molecular formula is C15H24N2. The molecule has 3 atom stereocenters. The van der Waals surface area contributed by atoms with Gasteiger partial charge >= 0.3 is 0 Å². The van der Waals surface area contributed by atoms with Gasteiger partial charge in [-0.15, -0.1) is 0 Å². The highest BCUT2D eigenvalue weighted by molar-refractivity contribution is 5.19. The van der Waals surface area contributed by atoms with Crippen LogP contribution in [0, 0.1) is 11.8 Å². The lowest BCUT2D eigenvalue weighted by atomic mass is 9.87. The number of nitrogens with zero attached hydrogens (tertiary/aromatic N) is 1. The second kappa shape index (κ2) is 5.65. The summed E-state index contributed by atoms with van der Waals surface area (Å²) in [7, 11) is 0. The van der Waals surface area contributed by atoms with E-state index >= 15 is 0 Å². The van der Waals surface area contributed by atoms with E-state index < -0.39 is 0 Å². The van der Waals surface area contributed by atoms with E-state index in [-0.39, 0.29) is 0 Å². The van der Waals surface area contributed by atoms with Crippen molar-refractivity contribution in [2.75, 3.05) is 19.6 Å². The van der Waals surface area contributed by atoms with Gasteiger partial charge in [0.15, 0.2) is 0 Å². The summed E-state index contributed by atoms with van der Waals surface area (Å²) >= 11 is 0. The van der Waals surface area contributed by atoms with Crippen molar-refractivity contribution in [3.05, 3.63) is 35.9 Å². The van der Waals surface area contributed by atoms with Crippen molar-refractivity contribution in [1.82, 2.24) is 4.90 Å². The van der Waals surface area contributed by atoms with E-state index in [9.17, 15) is 0 Å². The van der Waals surface area contributed by atoms with Crippen LogP contribution < -0.4 is 5.73 Å². The summed E-state index contributed by atoms with van der Waals surface area (Å²) in [4.78, 5) is 2.56. The zero-order valence-corrected chi connectivity index (χ0v) is 11.0. The fourth-order valence-electron chi connectivity index (χ4n) is 2.75. The molecular weight excluding hydrogens is 208 g/mol. The summed E-state index contributed by atoms with van der Waals surface area (Å²) in [6.45, 7) is 7.79. The van der Waals surface area contributed by atoms with Gasteiger partial charge in [0.25, 0.3) is 0 Å². The second-order valence-electron chi connectivity index (χ2n) is 5.40. The lowest BCUT2D eigenvalue weighted by Gasteiger charge is -2.40. The van der Waals surface area contributed by atoms with Gasteiger partial charge in [-0.05, 0) is 30.4 Å². The highest BCUT2D eigenvalue weighted by Gasteiger charge is 2.27. The summed E-state index contributed by atoms with van der Waals surface area (Å²) in [6, 6.07) is 11.1. The molecule has 1 aliphatic heterocycles. The Kier molecular flexibility index (Phi) is 4.19. The van der Waals surface area contributed by atoms with Gasteiger partial charge in [0.2, 0.25) is 0 Å². The summed E-state index contributed by atoms with van der Waals surface area (Å²) in [5.41, 5.74) is 7.33. The van der Waals surface area contributed by atoms with Crippen LogP contribution in [0.2, 0.25) is 0 Å². The molecule has 0 spiro atoms. The molecule has 1 aliphatic rings. The van der Waals surface area contributed by atoms with Gasteiger partial charge in [-0.2, -0.15) is 0 Å². The Labute approximate surface area is 105 Å². The first kappa shape index (κ1) is 12.6. The van der Waals surface area contributed by atoms with Gasteiger partial charge in [-0.1, -0.05) is 44.2 Å². The van der Waals surface area contributed by atoms with E-state index in [1.54, 1.807) is 0 Å². The zero-order valence-electron chi connectivity index (χ0n) is 11.0. The molecule has 1 heterocycles. The fourth-order valence-corrected chi connectivity index (χ4v) is 2.75. The van der Waals surface area contributed by atoms with Gasteiger partial charge in [-0.3, -0.25) is 4.90 Å². The SMILES string of the molecule is CC1CCN(C(CN)c2ccccc2)CC1C. The van der Waals surface area contributed by atoms with Crippen molar-refractivity contribution in [3.63, 3.8) is 0 Å². The Morgan fingerprint density at radius 3 is 2.53 bits per heavy atom. The van der Waals surface area contributed by atoms with Crippen molar-refractivity contribution in [3.8, 4) is 0 Å². The van der Waals surface area contributed by atoms with E-state index in [1.807, 2.05) is 0 Å². The maximum absolute atomic E-state index is 5.97. The van der Waals surface area contributed by atoms with Crippen LogP contribution in [0.4, 0.5) is 0 Å².